The van der Waals surface area contributed by atoms with Crippen molar-refractivity contribution in [1.82, 2.24) is 0 Å². The fourth-order valence-electron chi connectivity index (χ4n) is 2.41. The Balaban J connectivity index is 2.49. The number of hydrogen-bond acceptors (Lipinski definition) is 2. The minimum atomic E-state index is -4.86. The van der Waals surface area contributed by atoms with Crippen LogP contribution in [0.3, 0.4) is 0 Å². The zero-order valence-electron chi connectivity index (χ0n) is 9.67. The van der Waals surface area contributed by atoms with E-state index in [-0.39, 0.29) is 24.4 Å². The third kappa shape index (κ3) is 2.18. The van der Waals surface area contributed by atoms with Gasteiger partial charge in [-0.2, -0.15) is 13.2 Å². The number of carboxylic acids is 1. The van der Waals surface area contributed by atoms with Crippen LogP contribution >= 0.6 is 0 Å². The SMILES string of the molecule is NC1CC(C(=O)O)(c2ccc(F)c(C(F)(F)F)c2)C1. The Morgan fingerprint density at radius 3 is 2.37 bits per heavy atom. The third-order valence-electron chi connectivity index (χ3n) is 3.46. The van der Waals surface area contributed by atoms with Gasteiger partial charge in [0.05, 0.1) is 11.0 Å². The van der Waals surface area contributed by atoms with E-state index in [1.165, 1.54) is 0 Å². The van der Waals surface area contributed by atoms with Crippen LogP contribution in [-0.4, -0.2) is 17.1 Å². The molecule has 3 N–H and O–H groups in total. The number of alkyl halides is 3. The van der Waals surface area contributed by atoms with Gasteiger partial charge < -0.3 is 10.8 Å². The average molecular weight is 277 g/mol. The quantitative estimate of drug-likeness (QED) is 0.815. The number of carbonyl (C=O) groups is 1. The molecule has 3 nitrogen and oxygen atoms in total. The molecule has 7 heteroatoms. The molecule has 2 rings (SSSR count). The van der Waals surface area contributed by atoms with E-state index in [1.54, 1.807) is 0 Å². The van der Waals surface area contributed by atoms with Crippen LogP contribution in [0.25, 0.3) is 0 Å². The Hall–Kier alpha value is -1.63. The van der Waals surface area contributed by atoms with Gasteiger partial charge in [-0.1, -0.05) is 6.07 Å². The molecule has 0 aliphatic heterocycles. The summed E-state index contributed by atoms with van der Waals surface area (Å²) in [5.74, 6) is -2.66. The summed E-state index contributed by atoms with van der Waals surface area (Å²) in [5.41, 5.74) is 2.57. The number of rotatable bonds is 2. The van der Waals surface area contributed by atoms with E-state index in [4.69, 9.17) is 5.73 Å². The molecule has 0 aromatic heterocycles. The van der Waals surface area contributed by atoms with Crippen molar-refractivity contribution in [2.75, 3.05) is 0 Å². The molecule has 1 aromatic rings. The molecule has 0 saturated heterocycles. The summed E-state index contributed by atoms with van der Waals surface area (Å²) in [5, 5.41) is 9.19. The topological polar surface area (TPSA) is 63.3 Å². The first-order valence-corrected chi connectivity index (χ1v) is 5.53. The second-order valence-corrected chi connectivity index (χ2v) is 4.75. The van der Waals surface area contributed by atoms with E-state index in [0.29, 0.717) is 12.1 Å². The fourth-order valence-corrected chi connectivity index (χ4v) is 2.41. The van der Waals surface area contributed by atoms with Crippen LogP contribution in [0.2, 0.25) is 0 Å². The second-order valence-electron chi connectivity index (χ2n) is 4.75. The van der Waals surface area contributed by atoms with Gasteiger partial charge in [-0.3, -0.25) is 4.79 Å². The van der Waals surface area contributed by atoms with Crippen molar-refractivity contribution in [3.05, 3.63) is 35.1 Å². The molecule has 1 aromatic carbocycles. The molecule has 0 radical (unpaired) electrons. The summed E-state index contributed by atoms with van der Waals surface area (Å²) in [4.78, 5) is 11.3. The van der Waals surface area contributed by atoms with Crippen molar-refractivity contribution in [2.45, 2.75) is 30.5 Å². The Morgan fingerprint density at radius 1 is 1.37 bits per heavy atom. The highest BCUT2D eigenvalue weighted by molar-refractivity contribution is 5.83. The van der Waals surface area contributed by atoms with Crippen LogP contribution in [0, 0.1) is 5.82 Å². The zero-order chi connectivity index (χ0) is 14.4. The molecule has 1 fully saturated rings. The van der Waals surface area contributed by atoms with E-state index >= 15 is 0 Å². The van der Waals surface area contributed by atoms with E-state index in [1.807, 2.05) is 0 Å². The zero-order valence-corrected chi connectivity index (χ0v) is 9.67. The van der Waals surface area contributed by atoms with Crippen LogP contribution in [0.1, 0.15) is 24.0 Å². The number of nitrogens with two attached hydrogens (primary N) is 1. The Labute approximate surface area is 106 Å². The lowest BCUT2D eigenvalue weighted by molar-refractivity contribution is -0.148. The summed E-state index contributed by atoms with van der Waals surface area (Å²) in [6.45, 7) is 0. The van der Waals surface area contributed by atoms with Crippen LogP contribution in [-0.2, 0) is 16.4 Å². The van der Waals surface area contributed by atoms with Gasteiger partial charge in [-0.25, -0.2) is 4.39 Å². The van der Waals surface area contributed by atoms with E-state index in [9.17, 15) is 27.5 Å². The highest BCUT2D eigenvalue weighted by Crippen LogP contribution is 2.45. The van der Waals surface area contributed by atoms with Gasteiger partial charge in [-0.15, -0.1) is 0 Å². The number of aliphatic carboxylic acids is 1. The highest BCUT2D eigenvalue weighted by atomic mass is 19.4. The molecular weight excluding hydrogens is 266 g/mol. The Bertz CT molecular complexity index is 521. The summed E-state index contributed by atoms with van der Waals surface area (Å²) < 4.78 is 51.0. The van der Waals surface area contributed by atoms with Gasteiger partial charge in [0.25, 0.3) is 0 Å². The summed E-state index contributed by atoms with van der Waals surface area (Å²) in [6.07, 6.45) is -4.76. The Kier molecular flexibility index (Phi) is 3.04. The molecule has 19 heavy (non-hydrogen) atoms. The largest absolute Gasteiger partial charge is 0.481 e. The van der Waals surface area contributed by atoms with Crippen molar-refractivity contribution >= 4 is 5.97 Å². The van der Waals surface area contributed by atoms with Gasteiger partial charge >= 0.3 is 12.1 Å². The molecule has 1 aliphatic carbocycles. The third-order valence-corrected chi connectivity index (χ3v) is 3.46. The molecule has 0 spiro atoms. The smallest absolute Gasteiger partial charge is 0.419 e. The predicted molar refractivity (Wildman–Crippen MR) is 57.9 cm³/mol. The molecule has 1 aliphatic rings. The lowest BCUT2D eigenvalue weighted by Gasteiger charge is -2.43. The maximum absolute atomic E-state index is 13.2. The number of halogens is 4. The monoisotopic (exact) mass is 277 g/mol. The van der Waals surface area contributed by atoms with Crippen LogP contribution in [0.4, 0.5) is 17.6 Å². The number of benzene rings is 1. The van der Waals surface area contributed by atoms with E-state index < -0.39 is 28.9 Å². The number of hydrogen-bond donors (Lipinski definition) is 2. The summed E-state index contributed by atoms with van der Waals surface area (Å²) >= 11 is 0. The lowest BCUT2D eigenvalue weighted by Crippen LogP contribution is -2.54. The molecule has 104 valence electrons. The maximum atomic E-state index is 13.2. The van der Waals surface area contributed by atoms with Crippen molar-refractivity contribution in [1.29, 1.82) is 0 Å². The van der Waals surface area contributed by atoms with E-state index in [0.717, 1.165) is 6.07 Å². The summed E-state index contributed by atoms with van der Waals surface area (Å²) in [6, 6.07) is 1.92. The molecule has 1 saturated carbocycles. The first kappa shape index (κ1) is 13.8. The van der Waals surface area contributed by atoms with Crippen molar-refractivity contribution in [2.24, 2.45) is 5.73 Å². The molecule has 0 bridgehead atoms. The van der Waals surface area contributed by atoms with Crippen molar-refractivity contribution < 1.29 is 27.5 Å². The standard InChI is InChI=1S/C12H11F4NO2/c13-9-2-1-6(3-8(9)12(14,15)16)11(10(18)19)4-7(17)5-11/h1-3,7H,4-5,17H2,(H,18,19). The van der Waals surface area contributed by atoms with Gasteiger partial charge in [0.2, 0.25) is 0 Å². The molecule has 0 amide bonds. The average Bonchev–Trinajstić information content (AvgIpc) is 2.23. The normalized spacial score (nSPS) is 26.9. The van der Waals surface area contributed by atoms with Gasteiger partial charge in [-0.05, 0) is 30.5 Å². The minimum Gasteiger partial charge on any atom is -0.481 e. The first-order valence-electron chi connectivity index (χ1n) is 5.53. The lowest BCUT2D eigenvalue weighted by atomic mass is 9.61. The second kappa shape index (κ2) is 4.19. The van der Waals surface area contributed by atoms with Crippen LogP contribution < -0.4 is 5.73 Å². The molecular formula is C12H11F4NO2. The van der Waals surface area contributed by atoms with Crippen molar-refractivity contribution in [3.63, 3.8) is 0 Å². The first-order chi connectivity index (χ1) is 8.67. The van der Waals surface area contributed by atoms with Gasteiger partial charge in [0, 0.05) is 6.04 Å². The number of carboxylic acid groups (broad SMARTS) is 1. The van der Waals surface area contributed by atoms with E-state index in [2.05, 4.69) is 0 Å². The highest BCUT2D eigenvalue weighted by Gasteiger charge is 2.51. The summed E-state index contributed by atoms with van der Waals surface area (Å²) in [7, 11) is 0. The maximum Gasteiger partial charge on any atom is 0.419 e. The molecule has 0 unspecified atom stereocenters. The predicted octanol–water partition coefficient (Wildman–Crippen LogP) is 2.29. The van der Waals surface area contributed by atoms with Crippen LogP contribution in [0.5, 0.6) is 0 Å². The fraction of sp³-hybridized carbons (Fsp3) is 0.417. The minimum absolute atomic E-state index is 0.0469. The van der Waals surface area contributed by atoms with Gasteiger partial charge in [0.15, 0.2) is 0 Å². The molecule has 0 atom stereocenters. The van der Waals surface area contributed by atoms with Gasteiger partial charge in [0.1, 0.15) is 5.82 Å². The molecule has 0 heterocycles. The van der Waals surface area contributed by atoms with Crippen molar-refractivity contribution in [3.8, 4) is 0 Å². The Morgan fingerprint density at radius 2 is 1.95 bits per heavy atom. The van der Waals surface area contributed by atoms with Crippen LogP contribution in [0.15, 0.2) is 18.2 Å².